The fraction of sp³-hybridized carbons (Fsp3) is 0.143. The summed E-state index contributed by atoms with van der Waals surface area (Å²) in [5, 5.41) is 13.2. The number of rotatable bonds is 4. The SMILES string of the molecule is CCc1ccc(N2C(=O)C(=O)/C(=C(\O)c3cccc4ccccc34)C2c2ccc(C)o2)cc1. The van der Waals surface area contributed by atoms with Gasteiger partial charge >= 0.3 is 0 Å². The number of aliphatic hydroxyl groups excluding tert-OH is 1. The Bertz CT molecular complexity index is 1410. The summed E-state index contributed by atoms with van der Waals surface area (Å²) in [5.41, 5.74) is 2.22. The van der Waals surface area contributed by atoms with E-state index < -0.39 is 17.7 Å². The lowest BCUT2D eigenvalue weighted by Crippen LogP contribution is -2.29. The lowest BCUT2D eigenvalue weighted by molar-refractivity contribution is -0.132. The summed E-state index contributed by atoms with van der Waals surface area (Å²) in [4.78, 5) is 28.0. The minimum Gasteiger partial charge on any atom is -0.507 e. The van der Waals surface area contributed by atoms with Crippen molar-refractivity contribution in [3.8, 4) is 0 Å². The van der Waals surface area contributed by atoms with Gasteiger partial charge in [0.1, 0.15) is 23.3 Å². The van der Waals surface area contributed by atoms with E-state index in [1.54, 1.807) is 25.1 Å². The van der Waals surface area contributed by atoms with Gasteiger partial charge in [0.15, 0.2) is 0 Å². The average molecular weight is 437 g/mol. The molecule has 5 nitrogen and oxygen atoms in total. The van der Waals surface area contributed by atoms with Crippen molar-refractivity contribution in [2.75, 3.05) is 4.90 Å². The zero-order valence-corrected chi connectivity index (χ0v) is 18.4. The van der Waals surface area contributed by atoms with Crippen LogP contribution in [0.4, 0.5) is 5.69 Å². The summed E-state index contributed by atoms with van der Waals surface area (Å²) in [6.45, 7) is 3.85. The molecule has 1 amide bonds. The number of hydrogen-bond acceptors (Lipinski definition) is 4. The Morgan fingerprint density at radius 2 is 1.67 bits per heavy atom. The molecule has 0 spiro atoms. The van der Waals surface area contributed by atoms with Gasteiger partial charge in [-0.3, -0.25) is 14.5 Å². The second-order valence-corrected chi connectivity index (χ2v) is 8.16. The number of fused-ring (bicyclic) bond motifs is 1. The van der Waals surface area contributed by atoms with Gasteiger partial charge in [-0.2, -0.15) is 0 Å². The number of furan rings is 1. The Labute approximate surface area is 191 Å². The molecule has 5 rings (SSSR count). The largest absolute Gasteiger partial charge is 0.507 e. The highest BCUT2D eigenvalue weighted by Crippen LogP contribution is 2.43. The number of carbonyl (C=O) groups is 2. The molecule has 5 heteroatoms. The molecule has 1 aromatic heterocycles. The first-order valence-electron chi connectivity index (χ1n) is 10.9. The number of aliphatic hydroxyl groups is 1. The molecule has 3 aromatic carbocycles. The molecule has 0 saturated carbocycles. The van der Waals surface area contributed by atoms with Crippen molar-refractivity contribution in [1.82, 2.24) is 0 Å². The quantitative estimate of drug-likeness (QED) is 0.244. The summed E-state index contributed by atoms with van der Waals surface area (Å²) >= 11 is 0. The van der Waals surface area contributed by atoms with Crippen molar-refractivity contribution in [2.24, 2.45) is 0 Å². The lowest BCUT2D eigenvalue weighted by atomic mass is 9.96. The zero-order valence-electron chi connectivity index (χ0n) is 18.4. The van der Waals surface area contributed by atoms with E-state index in [-0.39, 0.29) is 11.3 Å². The second kappa shape index (κ2) is 8.10. The van der Waals surface area contributed by atoms with Gasteiger partial charge in [0, 0.05) is 11.3 Å². The number of nitrogens with zero attached hydrogens (tertiary/aromatic N) is 1. The lowest BCUT2D eigenvalue weighted by Gasteiger charge is -2.23. The van der Waals surface area contributed by atoms with Crippen LogP contribution in [-0.4, -0.2) is 16.8 Å². The number of ketones is 1. The number of hydrogen-bond donors (Lipinski definition) is 1. The topological polar surface area (TPSA) is 70.8 Å². The minimum atomic E-state index is -0.870. The van der Waals surface area contributed by atoms with Gasteiger partial charge in [-0.1, -0.05) is 61.5 Å². The maximum Gasteiger partial charge on any atom is 0.300 e. The van der Waals surface area contributed by atoms with Gasteiger partial charge in [-0.15, -0.1) is 0 Å². The Balaban J connectivity index is 1.74. The molecule has 1 N–H and O–H groups in total. The molecule has 0 radical (unpaired) electrons. The number of amides is 1. The van der Waals surface area contributed by atoms with Gasteiger partial charge in [0.2, 0.25) is 0 Å². The van der Waals surface area contributed by atoms with E-state index >= 15 is 0 Å². The fourth-order valence-corrected chi connectivity index (χ4v) is 4.44. The van der Waals surface area contributed by atoms with Crippen LogP contribution in [0.3, 0.4) is 0 Å². The fourth-order valence-electron chi connectivity index (χ4n) is 4.44. The summed E-state index contributed by atoms with van der Waals surface area (Å²) < 4.78 is 5.87. The average Bonchev–Trinajstić information content (AvgIpc) is 3.39. The molecule has 2 heterocycles. The van der Waals surface area contributed by atoms with E-state index in [4.69, 9.17) is 4.42 Å². The van der Waals surface area contributed by atoms with E-state index in [2.05, 4.69) is 6.92 Å². The molecular formula is C28H23NO4. The van der Waals surface area contributed by atoms with Gasteiger partial charge < -0.3 is 9.52 Å². The standard InChI is InChI=1S/C28H23NO4/c1-3-18-12-14-20(15-13-18)29-25(23-16-11-17(2)33-23)24(27(31)28(29)32)26(30)22-10-6-8-19-7-4-5-9-21(19)22/h4-16,25,30H,3H2,1-2H3/b26-24-. The summed E-state index contributed by atoms with van der Waals surface area (Å²) in [6.07, 6.45) is 0.862. The van der Waals surface area contributed by atoms with Crippen LogP contribution in [0.5, 0.6) is 0 Å². The van der Waals surface area contributed by atoms with Crippen LogP contribution in [0.2, 0.25) is 0 Å². The van der Waals surface area contributed by atoms with Crippen molar-refractivity contribution in [2.45, 2.75) is 26.3 Å². The molecule has 1 aliphatic rings. The highest BCUT2D eigenvalue weighted by molar-refractivity contribution is 6.51. The molecule has 1 atom stereocenters. The van der Waals surface area contributed by atoms with Crippen molar-refractivity contribution in [3.63, 3.8) is 0 Å². The monoisotopic (exact) mass is 437 g/mol. The molecule has 1 unspecified atom stereocenters. The minimum absolute atomic E-state index is 0.0188. The Morgan fingerprint density at radius 1 is 0.939 bits per heavy atom. The van der Waals surface area contributed by atoms with Gasteiger partial charge in [-0.05, 0) is 53.9 Å². The van der Waals surface area contributed by atoms with Crippen molar-refractivity contribution >= 4 is 33.9 Å². The normalized spacial score (nSPS) is 17.8. The summed E-state index contributed by atoms with van der Waals surface area (Å²) in [6, 6.07) is 23.3. The third kappa shape index (κ3) is 3.42. The molecule has 1 saturated heterocycles. The maximum absolute atomic E-state index is 13.3. The number of aryl methyl sites for hydroxylation is 2. The molecule has 4 aromatic rings. The first kappa shape index (κ1) is 20.8. The van der Waals surface area contributed by atoms with Crippen LogP contribution in [0, 0.1) is 6.92 Å². The Hall–Kier alpha value is -4.12. The van der Waals surface area contributed by atoms with E-state index in [1.807, 2.05) is 60.7 Å². The summed E-state index contributed by atoms with van der Waals surface area (Å²) in [5.74, 6) is -0.564. The predicted octanol–water partition coefficient (Wildman–Crippen LogP) is 5.93. The second-order valence-electron chi connectivity index (χ2n) is 8.16. The van der Waals surface area contributed by atoms with E-state index in [1.165, 1.54) is 4.90 Å². The molecule has 1 fully saturated rings. The zero-order chi connectivity index (χ0) is 23.1. The van der Waals surface area contributed by atoms with Crippen LogP contribution in [0.15, 0.2) is 88.9 Å². The first-order valence-corrected chi connectivity index (χ1v) is 10.9. The van der Waals surface area contributed by atoms with Crippen LogP contribution >= 0.6 is 0 Å². The smallest absolute Gasteiger partial charge is 0.300 e. The molecular weight excluding hydrogens is 414 g/mol. The Morgan fingerprint density at radius 3 is 2.36 bits per heavy atom. The van der Waals surface area contributed by atoms with Crippen molar-refractivity contribution in [1.29, 1.82) is 0 Å². The van der Waals surface area contributed by atoms with Crippen LogP contribution < -0.4 is 4.90 Å². The van der Waals surface area contributed by atoms with E-state index in [0.29, 0.717) is 22.8 Å². The van der Waals surface area contributed by atoms with Crippen LogP contribution in [0.25, 0.3) is 16.5 Å². The number of carbonyl (C=O) groups excluding carboxylic acids is 2. The van der Waals surface area contributed by atoms with Gasteiger partial charge in [0.05, 0.1) is 5.57 Å². The van der Waals surface area contributed by atoms with Crippen LogP contribution in [-0.2, 0) is 16.0 Å². The van der Waals surface area contributed by atoms with E-state index in [0.717, 1.165) is 22.8 Å². The van der Waals surface area contributed by atoms with E-state index in [9.17, 15) is 14.7 Å². The molecule has 0 aliphatic carbocycles. The van der Waals surface area contributed by atoms with Crippen molar-refractivity contribution < 1.29 is 19.1 Å². The maximum atomic E-state index is 13.3. The number of anilines is 1. The number of benzene rings is 3. The van der Waals surface area contributed by atoms with Crippen LogP contribution in [0.1, 0.15) is 35.6 Å². The van der Waals surface area contributed by atoms with Gasteiger partial charge in [-0.25, -0.2) is 0 Å². The molecule has 33 heavy (non-hydrogen) atoms. The molecule has 0 bridgehead atoms. The number of Topliss-reactive ketones (excluding diaryl/α,β-unsaturated/α-hetero) is 1. The molecule has 164 valence electrons. The third-order valence-corrected chi connectivity index (χ3v) is 6.14. The third-order valence-electron chi connectivity index (χ3n) is 6.14. The van der Waals surface area contributed by atoms with Gasteiger partial charge in [0.25, 0.3) is 11.7 Å². The highest BCUT2D eigenvalue weighted by atomic mass is 16.3. The summed E-state index contributed by atoms with van der Waals surface area (Å²) in [7, 11) is 0. The van der Waals surface area contributed by atoms with Crippen molar-refractivity contribution in [3.05, 3.63) is 107 Å². The predicted molar refractivity (Wildman–Crippen MR) is 128 cm³/mol. The first-order chi connectivity index (χ1) is 16.0. The molecule has 1 aliphatic heterocycles. The Kier molecular flexibility index (Phi) is 5.09. The highest BCUT2D eigenvalue weighted by Gasteiger charge is 2.48.